The Morgan fingerprint density at radius 3 is 3.00 bits per heavy atom. The van der Waals surface area contributed by atoms with Crippen molar-refractivity contribution in [2.24, 2.45) is 4.99 Å². The van der Waals surface area contributed by atoms with Gasteiger partial charge >= 0.3 is 0 Å². The molecule has 1 fully saturated rings. The number of amidine groups is 1. The molecule has 0 saturated carbocycles. The highest BCUT2D eigenvalue weighted by atomic mass is 32.2. The number of piperidine rings is 1. The van der Waals surface area contributed by atoms with Crippen molar-refractivity contribution in [1.29, 1.82) is 0 Å². The van der Waals surface area contributed by atoms with Crippen molar-refractivity contribution in [1.82, 2.24) is 10.2 Å². The van der Waals surface area contributed by atoms with Crippen LogP contribution in [0.2, 0.25) is 0 Å². The molecule has 1 N–H and O–H groups in total. The van der Waals surface area contributed by atoms with Crippen LogP contribution in [0.3, 0.4) is 0 Å². The Labute approximate surface area is 103 Å². The number of hydrogen-bond donors (Lipinski definition) is 1. The number of nitrogens with zero attached hydrogens (tertiary/aromatic N) is 2. The van der Waals surface area contributed by atoms with E-state index < -0.39 is 0 Å². The van der Waals surface area contributed by atoms with Gasteiger partial charge in [-0.3, -0.25) is 4.99 Å². The van der Waals surface area contributed by atoms with Crippen molar-refractivity contribution in [2.75, 3.05) is 19.3 Å². The maximum absolute atomic E-state index is 4.70. The van der Waals surface area contributed by atoms with Gasteiger partial charge in [0, 0.05) is 24.4 Å². The highest BCUT2D eigenvalue weighted by Gasteiger charge is 2.25. The zero-order valence-electron chi connectivity index (χ0n) is 10.6. The Bertz CT molecular complexity index is 267. The molecule has 4 heteroatoms. The molecule has 2 heterocycles. The summed E-state index contributed by atoms with van der Waals surface area (Å²) in [5.41, 5.74) is 0. The molecular formula is C12H23N3S. The normalized spacial score (nSPS) is 36.2. The Morgan fingerprint density at radius 1 is 1.56 bits per heavy atom. The summed E-state index contributed by atoms with van der Waals surface area (Å²) >= 11 is 1.90. The first-order valence-corrected chi connectivity index (χ1v) is 7.35. The molecule has 0 spiro atoms. The lowest BCUT2D eigenvalue weighted by Crippen LogP contribution is -2.46. The summed E-state index contributed by atoms with van der Waals surface area (Å²) in [6, 6.07) is 1.88. The minimum atomic E-state index is 0.552. The molecule has 0 aromatic carbocycles. The molecule has 2 aliphatic rings. The van der Waals surface area contributed by atoms with Gasteiger partial charge in [-0.2, -0.15) is 0 Å². The van der Waals surface area contributed by atoms with Gasteiger partial charge < -0.3 is 10.2 Å². The van der Waals surface area contributed by atoms with Crippen LogP contribution in [0.4, 0.5) is 0 Å². The molecule has 0 aromatic heterocycles. The predicted octanol–water partition coefficient (Wildman–Crippen LogP) is 1.94. The fourth-order valence-corrected chi connectivity index (χ4v) is 3.43. The van der Waals surface area contributed by atoms with E-state index in [2.05, 4.69) is 31.1 Å². The molecule has 0 aromatic rings. The van der Waals surface area contributed by atoms with E-state index in [4.69, 9.17) is 4.99 Å². The third kappa shape index (κ3) is 2.92. The fourth-order valence-electron chi connectivity index (χ4n) is 2.30. The average molecular weight is 241 g/mol. The van der Waals surface area contributed by atoms with Crippen molar-refractivity contribution >= 4 is 16.9 Å². The summed E-state index contributed by atoms with van der Waals surface area (Å²) in [4.78, 5) is 7.14. The number of likely N-dealkylation sites (tertiary alicyclic amines) is 1. The Kier molecular flexibility index (Phi) is 4.14. The average Bonchev–Trinajstić information content (AvgIpc) is 2.71. The van der Waals surface area contributed by atoms with Crippen LogP contribution >= 0.6 is 11.8 Å². The van der Waals surface area contributed by atoms with Crippen LogP contribution in [-0.4, -0.2) is 47.5 Å². The summed E-state index contributed by atoms with van der Waals surface area (Å²) in [7, 11) is 2.22. The molecule has 2 aliphatic heterocycles. The van der Waals surface area contributed by atoms with Gasteiger partial charge in [-0.05, 0) is 33.2 Å². The zero-order chi connectivity index (χ0) is 11.5. The second-order valence-electron chi connectivity index (χ2n) is 5.00. The number of thioether (sulfide) groups is 1. The van der Waals surface area contributed by atoms with E-state index in [-0.39, 0.29) is 0 Å². The lowest BCUT2D eigenvalue weighted by atomic mass is 9.99. The van der Waals surface area contributed by atoms with Crippen molar-refractivity contribution < 1.29 is 0 Å². The van der Waals surface area contributed by atoms with Crippen LogP contribution in [-0.2, 0) is 0 Å². The topological polar surface area (TPSA) is 27.6 Å². The third-order valence-electron chi connectivity index (χ3n) is 3.72. The molecule has 1 saturated heterocycles. The van der Waals surface area contributed by atoms with E-state index in [1.165, 1.54) is 36.7 Å². The minimum absolute atomic E-state index is 0.552. The SMILES string of the molecule is CCC1CSC(NC2CCN(C)C(C)C2)=N1. The van der Waals surface area contributed by atoms with Gasteiger partial charge in [-0.1, -0.05) is 18.7 Å². The minimum Gasteiger partial charge on any atom is -0.362 e. The number of nitrogens with one attached hydrogen (secondary N) is 1. The zero-order valence-corrected chi connectivity index (χ0v) is 11.4. The van der Waals surface area contributed by atoms with Gasteiger partial charge in [-0.15, -0.1) is 0 Å². The van der Waals surface area contributed by atoms with Crippen molar-refractivity contribution in [3.05, 3.63) is 0 Å². The van der Waals surface area contributed by atoms with Crippen LogP contribution in [0.5, 0.6) is 0 Å². The first-order chi connectivity index (χ1) is 7.69. The van der Waals surface area contributed by atoms with Crippen LogP contribution in [0, 0.1) is 0 Å². The van der Waals surface area contributed by atoms with Crippen molar-refractivity contribution in [3.63, 3.8) is 0 Å². The van der Waals surface area contributed by atoms with Gasteiger partial charge in [0.1, 0.15) is 0 Å². The smallest absolute Gasteiger partial charge is 0.157 e. The van der Waals surface area contributed by atoms with Crippen molar-refractivity contribution in [3.8, 4) is 0 Å². The van der Waals surface area contributed by atoms with E-state index in [1.54, 1.807) is 0 Å². The summed E-state index contributed by atoms with van der Waals surface area (Å²) in [5.74, 6) is 1.17. The molecule has 3 unspecified atom stereocenters. The quantitative estimate of drug-likeness (QED) is 0.800. The summed E-state index contributed by atoms with van der Waals surface area (Å²) in [5, 5.41) is 4.81. The maximum atomic E-state index is 4.70. The standard InChI is InChI=1S/C12H23N3S/c1-4-10-8-16-12(13-10)14-11-5-6-15(3)9(2)7-11/h9-11H,4-8H2,1-3H3,(H,13,14). The van der Waals surface area contributed by atoms with Crippen molar-refractivity contribution in [2.45, 2.75) is 51.2 Å². The predicted molar refractivity (Wildman–Crippen MR) is 72.2 cm³/mol. The molecule has 16 heavy (non-hydrogen) atoms. The maximum Gasteiger partial charge on any atom is 0.157 e. The van der Waals surface area contributed by atoms with E-state index in [1.807, 2.05) is 11.8 Å². The molecule has 3 atom stereocenters. The number of hydrogen-bond acceptors (Lipinski definition) is 4. The molecule has 0 amide bonds. The molecule has 0 bridgehead atoms. The third-order valence-corrected chi connectivity index (χ3v) is 4.77. The first-order valence-electron chi connectivity index (χ1n) is 6.36. The Hall–Kier alpha value is -0.220. The van der Waals surface area contributed by atoms with E-state index in [9.17, 15) is 0 Å². The fraction of sp³-hybridized carbons (Fsp3) is 0.917. The highest BCUT2D eigenvalue weighted by Crippen LogP contribution is 2.21. The monoisotopic (exact) mass is 241 g/mol. The molecular weight excluding hydrogens is 218 g/mol. The first kappa shape index (κ1) is 12.2. The second-order valence-corrected chi connectivity index (χ2v) is 6.01. The lowest BCUT2D eigenvalue weighted by Gasteiger charge is -2.35. The van der Waals surface area contributed by atoms with Crippen LogP contribution in [0.1, 0.15) is 33.1 Å². The molecule has 0 radical (unpaired) electrons. The van der Waals surface area contributed by atoms with E-state index >= 15 is 0 Å². The van der Waals surface area contributed by atoms with E-state index in [0.29, 0.717) is 18.1 Å². The summed E-state index contributed by atoms with van der Waals surface area (Å²) < 4.78 is 0. The van der Waals surface area contributed by atoms with Crippen LogP contribution < -0.4 is 5.32 Å². The molecule has 3 nitrogen and oxygen atoms in total. The van der Waals surface area contributed by atoms with Gasteiger partial charge in [0.2, 0.25) is 0 Å². The van der Waals surface area contributed by atoms with Crippen LogP contribution in [0.25, 0.3) is 0 Å². The Balaban J connectivity index is 1.82. The number of aliphatic imine (C=N–C) groups is 1. The largest absolute Gasteiger partial charge is 0.362 e. The number of rotatable bonds is 2. The molecule has 0 aliphatic carbocycles. The Morgan fingerprint density at radius 2 is 2.38 bits per heavy atom. The summed E-state index contributed by atoms with van der Waals surface area (Å²) in [6.07, 6.45) is 3.66. The molecule has 92 valence electrons. The lowest BCUT2D eigenvalue weighted by molar-refractivity contribution is 0.177. The highest BCUT2D eigenvalue weighted by molar-refractivity contribution is 8.14. The van der Waals surface area contributed by atoms with Gasteiger partial charge in [0.05, 0.1) is 6.04 Å². The van der Waals surface area contributed by atoms with Gasteiger partial charge in [0.25, 0.3) is 0 Å². The molecule has 2 rings (SSSR count). The summed E-state index contributed by atoms with van der Waals surface area (Å²) in [6.45, 7) is 5.73. The van der Waals surface area contributed by atoms with Crippen LogP contribution in [0.15, 0.2) is 4.99 Å². The second kappa shape index (κ2) is 5.41. The van der Waals surface area contributed by atoms with Gasteiger partial charge in [-0.25, -0.2) is 0 Å². The van der Waals surface area contributed by atoms with Gasteiger partial charge in [0.15, 0.2) is 5.17 Å². The van der Waals surface area contributed by atoms with E-state index in [0.717, 1.165) is 0 Å².